The van der Waals surface area contributed by atoms with Gasteiger partial charge in [-0.15, -0.1) is 0 Å². The fourth-order valence-electron chi connectivity index (χ4n) is 2.80. The van der Waals surface area contributed by atoms with E-state index in [9.17, 15) is 15.3 Å². The van der Waals surface area contributed by atoms with Gasteiger partial charge in [-0.05, 0) is 37.3 Å². The summed E-state index contributed by atoms with van der Waals surface area (Å²) in [4.78, 5) is 0. The van der Waals surface area contributed by atoms with E-state index in [1.165, 1.54) is 12.1 Å². The van der Waals surface area contributed by atoms with Crippen molar-refractivity contribution in [2.75, 3.05) is 6.61 Å². The first-order valence-electron chi connectivity index (χ1n) is 7.27. The van der Waals surface area contributed by atoms with E-state index < -0.39 is 0 Å². The highest BCUT2D eigenvalue weighted by molar-refractivity contribution is 5.57. The van der Waals surface area contributed by atoms with Gasteiger partial charge in [-0.3, -0.25) is 0 Å². The molecule has 5 heteroatoms. The predicted octanol–water partition coefficient (Wildman–Crippen LogP) is 2.62. The Kier molecular flexibility index (Phi) is 3.81. The lowest BCUT2D eigenvalue weighted by molar-refractivity contribution is 0.288. The van der Waals surface area contributed by atoms with Gasteiger partial charge in [0, 0.05) is 29.9 Å². The molecule has 0 saturated carbocycles. The summed E-state index contributed by atoms with van der Waals surface area (Å²) in [5.41, 5.74) is 2.07. The summed E-state index contributed by atoms with van der Waals surface area (Å²) >= 11 is 0. The fraction of sp³-hybridized carbons (Fsp3) is 0.294. The topological polar surface area (TPSA) is 90.2 Å². The quantitative estimate of drug-likeness (QED) is 0.700. The molecule has 0 fully saturated rings. The molecule has 116 valence electrons. The number of fused-ring (bicyclic) bond motifs is 2. The van der Waals surface area contributed by atoms with Crippen molar-refractivity contribution in [3.63, 3.8) is 0 Å². The van der Waals surface area contributed by atoms with Gasteiger partial charge < -0.3 is 25.2 Å². The third kappa shape index (κ3) is 2.55. The highest BCUT2D eigenvalue weighted by Gasteiger charge is 2.22. The second-order valence-corrected chi connectivity index (χ2v) is 5.42. The third-order valence-corrected chi connectivity index (χ3v) is 3.94. The summed E-state index contributed by atoms with van der Waals surface area (Å²) < 4.78 is 5.77. The van der Waals surface area contributed by atoms with Crippen molar-refractivity contribution in [3.8, 4) is 28.7 Å². The Morgan fingerprint density at radius 3 is 2.50 bits per heavy atom. The van der Waals surface area contributed by atoms with Gasteiger partial charge in [0.25, 0.3) is 0 Å². The van der Waals surface area contributed by atoms with Crippen molar-refractivity contribution in [3.05, 3.63) is 41.0 Å². The van der Waals surface area contributed by atoms with E-state index in [1.54, 1.807) is 12.1 Å². The van der Waals surface area contributed by atoms with Crippen LogP contribution >= 0.6 is 0 Å². The number of ether oxygens (including phenoxy) is 1. The first-order valence-corrected chi connectivity index (χ1v) is 7.27. The number of hydrogen-bond acceptors (Lipinski definition) is 5. The molecule has 0 bridgehead atoms. The molecule has 0 aliphatic carbocycles. The zero-order valence-electron chi connectivity index (χ0n) is 12.0. The van der Waals surface area contributed by atoms with Gasteiger partial charge in [-0.2, -0.15) is 0 Å². The van der Waals surface area contributed by atoms with Gasteiger partial charge in [0.2, 0.25) is 0 Å². The molecule has 4 N–H and O–H groups in total. The van der Waals surface area contributed by atoms with Crippen LogP contribution < -0.4 is 4.74 Å². The lowest BCUT2D eigenvalue weighted by Crippen LogP contribution is -1.96. The summed E-state index contributed by atoms with van der Waals surface area (Å²) in [6.45, 7) is 0.0750. The normalized spacial score (nSPS) is 13.0. The smallest absolute Gasteiger partial charge is 0.138 e. The fourth-order valence-corrected chi connectivity index (χ4v) is 2.80. The SMILES string of the molecule is OCCCc1ccc2c(c1O)CCc1c(O)cc(O)cc1O2. The minimum atomic E-state index is -0.0662. The number of phenolic OH excluding ortho intramolecular Hbond substituents is 3. The maximum Gasteiger partial charge on any atom is 0.138 e. The summed E-state index contributed by atoms with van der Waals surface area (Å²) in [7, 11) is 0. The number of benzene rings is 2. The van der Waals surface area contributed by atoms with Crippen molar-refractivity contribution in [2.24, 2.45) is 0 Å². The number of aliphatic hydroxyl groups excluding tert-OH is 1. The van der Waals surface area contributed by atoms with Crippen LogP contribution in [0.25, 0.3) is 0 Å². The number of rotatable bonds is 3. The summed E-state index contributed by atoms with van der Waals surface area (Å²) in [6.07, 6.45) is 2.21. The Morgan fingerprint density at radius 1 is 0.955 bits per heavy atom. The molecule has 0 radical (unpaired) electrons. The van der Waals surface area contributed by atoms with Crippen LogP contribution in [0.5, 0.6) is 28.7 Å². The molecule has 0 amide bonds. The number of aliphatic hydroxyl groups is 1. The van der Waals surface area contributed by atoms with E-state index in [1.807, 2.05) is 0 Å². The van der Waals surface area contributed by atoms with Gasteiger partial charge in [0.15, 0.2) is 0 Å². The molecule has 0 aromatic heterocycles. The van der Waals surface area contributed by atoms with Crippen molar-refractivity contribution in [1.82, 2.24) is 0 Å². The highest BCUT2D eigenvalue weighted by atomic mass is 16.5. The largest absolute Gasteiger partial charge is 0.508 e. The molecule has 3 rings (SSSR count). The van der Waals surface area contributed by atoms with Crippen LogP contribution in [0.3, 0.4) is 0 Å². The summed E-state index contributed by atoms with van der Waals surface area (Å²) in [5, 5.41) is 38.9. The molecular weight excluding hydrogens is 284 g/mol. The molecule has 22 heavy (non-hydrogen) atoms. The molecule has 2 aromatic rings. The van der Waals surface area contributed by atoms with E-state index in [4.69, 9.17) is 9.84 Å². The number of aromatic hydroxyl groups is 3. The first kappa shape index (κ1) is 14.5. The van der Waals surface area contributed by atoms with E-state index in [0.717, 1.165) is 5.56 Å². The van der Waals surface area contributed by atoms with Gasteiger partial charge in [0.05, 0.1) is 0 Å². The Labute approximate surface area is 128 Å². The standard InChI is InChI=1S/C17H18O5/c18-7-1-2-10-3-6-15-13(17(10)21)5-4-12-14(20)8-11(19)9-16(12)22-15/h3,6,8-9,18-21H,1-2,4-5,7H2. The average molecular weight is 302 g/mol. The summed E-state index contributed by atoms with van der Waals surface area (Å²) in [6, 6.07) is 6.29. The van der Waals surface area contributed by atoms with Gasteiger partial charge in [-0.1, -0.05) is 6.07 Å². The van der Waals surface area contributed by atoms with Crippen LogP contribution in [-0.4, -0.2) is 27.0 Å². The second kappa shape index (κ2) is 5.77. The van der Waals surface area contributed by atoms with Crippen LogP contribution in [-0.2, 0) is 19.3 Å². The van der Waals surface area contributed by atoms with Gasteiger partial charge in [-0.25, -0.2) is 0 Å². The average Bonchev–Trinajstić information content (AvgIpc) is 2.66. The van der Waals surface area contributed by atoms with Crippen LogP contribution in [0.4, 0.5) is 0 Å². The van der Waals surface area contributed by atoms with E-state index in [2.05, 4.69) is 0 Å². The minimum absolute atomic E-state index is 0.0113. The van der Waals surface area contributed by atoms with Gasteiger partial charge in [0.1, 0.15) is 28.7 Å². The Bertz CT molecular complexity index is 709. The lowest BCUT2D eigenvalue weighted by atomic mass is 9.99. The number of phenols is 3. The molecule has 2 aromatic carbocycles. The molecule has 0 spiro atoms. The Balaban J connectivity index is 2.00. The monoisotopic (exact) mass is 302 g/mol. The Hall–Kier alpha value is -2.40. The summed E-state index contributed by atoms with van der Waals surface area (Å²) in [5.74, 6) is 1.03. The molecule has 1 heterocycles. The zero-order valence-corrected chi connectivity index (χ0v) is 12.0. The second-order valence-electron chi connectivity index (χ2n) is 5.42. The van der Waals surface area contributed by atoms with Crippen molar-refractivity contribution < 1.29 is 25.2 Å². The molecule has 0 atom stereocenters. The predicted molar refractivity (Wildman–Crippen MR) is 80.8 cm³/mol. The van der Waals surface area contributed by atoms with Crippen molar-refractivity contribution in [2.45, 2.75) is 25.7 Å². The van der Waals surface area contributed by atoms with E-state index in [-0.39, 0.29) is 23.9 Å². The number of hydrogen-bond donors (Lipinski definition) is 4. The molecule has 5 nitrogen and oxygen atoms in total. The minimum Gasteiger partial charge on any atom is -0.508 e. The van der Waals surface area contributed by atoms with Crippen molar-refractivity contribution in [1.29, 1.82) is 0 Å². The Morgan fingerprint density at radius 2 is 1.73 bits per heavy atom. The van der Waals surface area contributed by atoms with Crippen LogP contribution in [0, 0.1) is 0 Å². The number of aryl methyl sites for hydroxylation is 1. The molecule has 0 unspecified atom stereocenters. The molecule has 0 saturated heterocycles. The maximum absolute atomic E-state index is 10.4. The first-order chi connectivity index (χ1) is 10.6. The molecular formula is C17H18O5. The van der Waals surface area contributed by atoms with E-state index in [0.29, 0.717) is 48.3 Å². The van der Waals surface area contributed by atoms with Crippen molar-refractivity contribution >= 4 is 0 Å². The maximum atomic E-state index is 10.4. The van der Waals surface area contributed by atoms with Crippen LogP contribution in [0.15, 0.2) is 24.3 Å². The van der Waals surface area contributed by atoms with E-state index >= 15 is 0 Å². The highest BCUT2D eigenvalue weighted by Crippen LogP contribution is 2.43. The van der Waals surface area contributed by atoms with Gasteiger partial charge >= 0.3 is 0 Å². The van der Waals surface area contributed by atoms with Crippen LogP contribution in [0.1, 0.15) is 23.1 Å². The lowest BCUT2D eigenvalue weighted by Gasteiger charge is -2.13. The molecule has 1 aliphatic heterocycles. The third-order valence-electron chi connectivity index (χ3n) is 3.94. The zero-order chi connectivity index (χ0) is 15.7. The molecule has 1 aliphatic rings. The van der Waals surface area contributed by atoms with Crippen LogP contribution in [0.2, 0.25) is 0 Å².